The molecule has 0 saturated carbocycles. The van der Waals surface area contributed by atoms with Gasteiger partial charge in [-0.3, -0.25) is 4.79 Å². The molecule has 0 bridgehead atoms. The topological polar surface area (TPSA) is 64.6 Å². The van der Waals surface area contributed by atoms with Crippen LogP contribution in [0, 0.1) is 13.8 Å². The number of methoxy groups -OCH3 is 1. The van der Waals surface area contributed by atoms with Crippen LogP contribution in [0.1, 0.15) is 27.0 Å². The molecule has 5 heteroatoms. The normalized spacial score (nSPS) is 10.3. The Morgan fingerprint density at radius 1 is 1.08 bits per heavy atom. The van der Waals surface area contributed by atoms with Crippen LogP contribution in [0.3, 0.4) is 0 Å². The first-order valence-corrected chi connectivity index (χ1v) is 7.62. The number of esters is 1. The van der Waals surface area contributed by atoms with Crippen molar-refractivity contribution in [2.45, 2.75) is 20.5 Å². The van der Waals surface area contributed by atoms with Gasteiger partial charge in [0.1, 0.15) is 6.61 Å². The molecule has 0 atom stereocenters. The number of carbonyl (C=O) groups excluding carboxylic acids is 2. The van der Waals surface area contributed by atoms with E-state index in [4.69, 9.17) is 9.47 Å². The van der Waals surface area contributed by atoms with E-state index < -0.39 is 5.97 Å². The fourth-order valence-electron chi connectivity index (χ4n) is 2.33. The van der Waals surface area contributed by atoms with Crippen LogP contribution in [0.2, 0.25) is 0 Å². The molecule has 0 aliphatic carbocycles. The summed E-state index contributed by atoms with van der Waals surface area (Å²) in [6.07, 6.45) is 0. The average molecular weight is 327 g/mol. The summed E-state index contributed by atoms with van der Waals surface area (Å²) in [6, 6.07) is 12.8. The Labute approximate surface area is 141 Å². The van der Waals surface area contributed by atoms with E-state index in [0.29, 0.717) is 17.9 Å². The molecule has 0 heterocycles. The zero-order chi connectivity index (χ0) is 17.5. The second-order valence-corrected chi connectivity index (χ2v) is 5.51. The van der Waals surface area contributed by atoms with Crippen LogP contribution in [-0.2, 0) is 20.9 Å². The number of para-hydroxylation sites is 1. The summed E-state index contributed by atoms with van der Waals surface area (Å²) < 4.78 is 10.2. The number of aryl methyl sites for hydroxylation is 2. The Balaban J connectivity index is 1.91. The summed E-state index contributed by atoms with van der Waals surface area (Å²) >= 11 is 0. The monoisotopic (exact) mass is 327 g/mol. The molecule has 0 unspecified atom stereocenters. The fourth-order valence-corrected chi connectivity index (χ4v) is 2.33. The van der Waals surface area contributed by atoms with Crippen molar-refractivity contribution < 1.29 is 19.1 Å². The minimum absolute atomic E-state index is 0.0944. The molecule has 2 aromatic carbocycles. The lowest BCUT2D eigenvalue weighted by Gasteiger charge is -2.11. The third kappa shape index (κ3) is 4.67. The molecule has 2 rings (SSSR count). The molecule has 1 N–H and O–H groups in total. The molecule has 2 aromatic rings. The van der Waals surface area contributed by atoms with Gasteiger partial charge in [0, 0.05) is 0 Å². The highest BCUT2D eigenvalue weighted by molar-refractivity contribution is 6.01. The fraction of sp³-hybridized carbons (Fsp3) is 0.263. The van der Waals surface area contributed by atoms with Crippen molar-refractivity contribution in [2.75, 3.05) is 19.0 Å². The van der Waals surface area contributed by atoms with Crippen molar-refractivity contribution in [3.63, 3.8) is 0 Å². The SMILES string of the molecule is COC(=O)c1ccccc1NC(=O)COCc1ccc(C)cc1C. The Bertz CT molecular complexity index is 740. The summed E-state index contributed by atoms with van der Waals surface area (Å²) in [7, 11) is 1.30. The van der Waals surface area contributed by atoms with E-state index in [1.54, 1.807) is 24.3 Å². The standard InChI is InChI=1S/C19H21NO4/c1-13-8-9-15(14(2)10-13)11-24-12-18(21)20-17-7-5-4-6-16(17)19(22)23-3/h4-10H,11-12H2,1-3H3,(H,20,21). The van der Waals surface area contributed by atoms with Crippen LogP contribution >= 0.6 is 0 Å². The summed E-state index contributed by atoms with van der Waals surface area (Å²) in [5, 5.41) is 2.67. The summed E-state index contributed by atoms with van der Waals surface area (Å²) in [5.41, 5.74) is 4.08. The van der Waals surface area contributed by atoms with E-state index in [9.17, 15) is 9.59 Å². The van der Waals surface area contributed by atoms with E-state index in [1.165, 1.54) is 12.7 Å². The van der Waals surface area contributed by atoms with Crippen molar-refractivity contribution in [3.8, 4) is 0 Å². The number of amides is 1. The zero-order valence-electron chi connectivity index (χ0n) is 14.1. The molecule has 0 aromatic heterocycles. The predicted octanol–water partition coefficient (Wildman–Crippen LogP) is 3.25. The second kappa shape index (κ2) is 8.26. The van der Waals surface area contributed by atoms with Crippen LogP contribution in [0.25, 0.3) is 0 Å². The molecule has 0 aliphatic heterocycles. The van der Waals surface area contributed by atoms with Gasteiger partial charge in [0.05, 0.1) is 25.0 Å². The van der Waals surface area contributed by atoms with Crippen molar-refractivity contribution in [1.29, 1.82) is 0 Å². The number of benzene rings is 2. The number of nitrogens with one attached hydrogen (secondary N) is 1. The Hall–Kier alpha value is -2.66. The molecule has 0 radical (unpaired) electrons. The van der Waals surface area contributed by atoms with Crippen LogP contribution < -0.4 is 5.32 Å². The van der Waals surface area contributed by atoms with Crippen LogP contribution in [0.4, 0.5) is 5.69 Å². The summed E-state index contributed by atoms with van der Waals surface area (Å²) in [4.78, 5) is 23.7. The first-order valence-electron chi connectivity index (χ1n) is 7.62. The molecule has 1 amide bonds. The van der Waals surface area contributed by atoms with E-state index in [0.717, 1.165) is 11.1 Å². The predicted molar refractivity (Wildman–Crippen MR) is 92.0 cm³/mol. The molecule has 0 aliphatic rings. The lowest BCUT2D eigenvalue weighted by Crippen LogP contribution is -2.20. The molecule has 0 fully saturated rings. The lowest BCUT2D eigenvalue weighted by molar-refractivity contribution is -0.121. The maximum Gasteiger partial charge on any atom is 0.339 e. The third-order valence-corrected chi connectivity index (χ3v) is 3.60. The summed E-state index contributed by atoms with van der Waals surface area (Å²) in [5.74, 6) is -0.821. The van der Waals surface area contributed by atoms with Gasteiger partial charge >= 0.3 is 5.97 Å². The zero-order valence-corrected chi connectivity index (χ0v) is 14.1. The van der Waals surface area contributed by atoms with Gasteiger partial charge in [0.25, 0.3) is 0 Å². The Morgan fingerprint density at radius 3 is 2.54 bits per heavy atom. The van der Waals surface area contributed by atoms with Crippen LogP contribution in [0.5, 0.6) is 0 Å². The maximum absolute atomic E-state index is 12.0. The quantitative estimate of drug-likeness (QED) is 0.827. The smallest absolute Gasteiger partial charge is 0.339 e. The molecule has 126 valence electrons. The average Bonchev–Trinajstić information content (AvgIpc) is 2.56. The van der Waals surface area contributed by atoms with Crippen LogP contribution in [-0.4, -0.2) is 25.6 Å². The molecular formula is C19H21NO4. The van der Waals surface area contributed by atoms with Crippen molar-refractivity contribution in [1.82, 2.24) is 0 Å². The van der Waals surface area contributed by atoms with Gasteiger partial charge in [-0.2, -0.15) is 0 Å². The highest BCUT2D eigenvalue weighted by atomic mass is 16.5. The van der Waals surface area contributed by atoms with Crippen molar-refractivity contribution >= 4 is 17.6 Å². The van der Waals surface area contributed by atoms with E-state index in [-0.39, 0.29) is 12.5 Å². The van der Waals surface area contributed by atoms with Gasteiger partial charge in [0.2, 0.25) is 5.91 Å². The van der Waals surface area contributed by atoms with E-state index in [2.05, 4.69) is 11.4 Å². The first kappa shape index (κ1) is 17.7. The molecule has 0 saturated heterocycles. The van der Waals surface area contributed by atoms with Gasteiger partial charge in [-0.05, 0) is 37.1 Å². The number of hydrogen-bond donors (Lipinski definition) is 1. The lowest BCUT2D eigenvalue weighted by atomic mass is 10.1. The third-order valence-electron chi connectivity index (χ3n) is 3.60. The van der Waals surface area contributed by atoms with E-state index in [1.807, 2.05) is 26.0 Å². The minimum atomic E-state index is -0.498. The largest absolute Gasteiger partial charge is 0.465 e. The van der Waals surface area contributed by atoms with Crippen molar-refractivity contribution in [2.24, 2.45) is 0 Å². The second-order valence-electron chi connectivity index (χ2n) is 5.51. The molecule has 5 nitrogen and oxygen atoms in total. The minimum Gasteiger partial charge on any atom is -0.465 e. The molecule has 24 heavy (non-hydrogen) atoms. The number of anilines is 1. The van der Waals surface area contributed by atoms with Gasteiger partial charge in [0.15, 0.2) is 0 Å². The van der Waals surface area contributed by atoms with Gasteiger partial charge in [-0.1, -0.05) is 35.9 Å². The van der Waals surface area contributed by atoms with Crippen LogP contribution in [0.15, 0.2) is 42.5 Å². The Morgan fingerprint density at radius 2 is 1.83 bits per heavy atom. The Kier molecular flexibility index (Phi) is 6.09. The highest BCUT2D eigenvalue weighted by Crippen LogP contribution is 2.16. The van der Waals surface area contributed by atoms with Crippen molar-refractivity contribution in [3.05, 3.63) is 64.7 Å². The number of ether oxygens (including phenoxy) is 2. The molecule has 0 spiro atoms. The number of hydrogen-bond acceptors (Lipinski definition) is 4. The first-order chi connectivity index (χ1) is 11.5. The molecular weight excluding hydrogens is 306 g/mol. The van der Waals surface area contributed by atoms with Gasteiger partial charge in [-0.15, -0.1) is 0 Å². The van der Waals surface area contributed by atoms with E-state index >= 15 is 0 Å². The number of carbonyl (C=O) groups is 2. The maximum atomic E-state index is 12.0. The number of rotatable bonds is 6. The summed E-state index contributed by atoms with van der Waals surface area (Å²) in [6.45, 7) is 4.31. The van der Waals surface area contributed by atoms with Gasteiger partial charge in [-0.25, -0.2) is 4.79 Å². The van der Waals surface area contributed by atoms with Gasteiger partial charge < -0.3 is 14.8 Å². The highest BCUT2D eigenvalue weighted by Gasteiger charge is 2.13.